The summed E-state index contributed by atoms with van der Waals surface area (Å²) in [5, 5.41) is 5.91. The van der Waals surface area contributed by atoms with Crippen LogP contribution in [0.4, 0.5) is 13.6 Å². The molecular weight excluding hydrogens is 324 g/mol. The smallest absolute Gasteiger partial charge is 0.315 e. The first-order valence-electron chi connectivity index (χ1n) is 9.31. The number of amides is 2. The van der Waals surface area contributed by atoms with Crippen molar-refractivity contribution in [1.82, 2.24) is 15.5 Å². The van der Waals surface area contributed by atoms with Gasteiger partial charge in [0.15, 0.2) is 0 Å². The molecule has 0 unspecified atom stereocenters. The van der Waals surface area contributed by atoms with Gasteiger partial charge in [-0.1, -0.05) is 6.07 Å². The normalized spacial score (nSPS) is 25.4. The highest BCUT2D eigenvalue weighted by Gasteiger charge is 2.42. The van der Waals surface area contributed by atoms with Crippen molar-refractivity contribution in [3.05, 3.63) is 35.4 Å². The Morgan fingerprint density at radius 2 is 2.04 bits per heavy atom. The van der Waals surface area contributed by atoms with E-state index in [-0.39, 0.29) is 6.03 Å². The number of halogens is 2. The van der Waals surface area contributed by atoms with E-state index in [2.05, 4.69) is 15.5 Å². The second-order valence-corrected chi connectivity index (χ2v) is 7.78. The van der Waals surface area contributed by atoms with Gasteiger partial charge in [0, 0.05) is 30.8 Å². The number of carbonyl (C=O) groups excluding carboxylic acids is 1. The number of hydrogen-bond donors (Lipinski definition) is 2. The molecule has 3 fully saturated rings. The zero-order valence-corrected chi connectivity index (χ0v) is 14.4. The summed E-state index contributed by atoms with van der Waals surface area (Å²) in [6, 6.07) is 4.12. The first-order chi connectivity index (χ1) is 12.1. The lowest BCUT2D eigenvalue weighted by Gasteiger charge is -2.43. The Labute approximate surface area is 147 Å². The van der Waals surface area contributed by atoms with Crippen LogP contribution in [0, 0.1) is 17.6 Å². The van der Waals surface area contributed by atoms with Gasteiger partial charge in [-0.2, -0.15) is 0 Å². The van der Waals surface area contributed by atoms with Crippen LogP contribution in [0.25, 0.3) is 0 Å². The third kappa shape index (κ3) is 3.50. The molecule has 1 aliphatic heterocycles. The van der Waals surface area contributed by atoms with E-state index in [1.807, 2.05) is 0 Å². The quantitative estimate of drug-likeness (QED) is 0.858. The van der Waals surface area contributed by atoms with Crippen LogP contribution in [0.2, 0.25) is 0 Å². The highest BCUT2D eigenvalue weighted by molar-refractivity contribution is 5.75. The molecule has 1 atom stereocenters. The first kappa shape index (κ1) is 16.8. The van der Waals surface area contributed by atoms with Crippen molar-refractivity contribution in [2.75, 3.05) is 19.6 Å². The van der Waals surface area contributed by atoms with E-state index >= 15 is 0 Å². The van der Waals surface area contributed by atoms with E-state index in [1.165, 1.54) is 25.0 Å². The van der Waals surface area contributed by atoms with Crippen LogP contribution in [-0.2, 0) is 5.54 Å². The number of nitrogens with one attached hydrogen (secondary N) is 2. The van der Waals surface area contributed by atoms with Crippen molar-refractivity contribution in [3.8, 4) is 0 Å². The van der Waals surface area contributed by atoms with Crippen molar-refractivity contribution < 1.29 is 13.6 Å². The fourth-order valence-corrected chi connectivity index (χ4v) is 4.17. The second-order valence-electron chi connectivity index (χ2n) is 7.78. The van der Waals surface area contributed by atoms with Gasteiger partial charge in [-0.15, -0.1) is 0 Å². The van der Waals surface area contributed by atoms with Gasteiger partial charge in [-0.25, -0.2) is 13.6 Å². The van der Waals surface area contributed by atoms with Crippen LogP contribution in [-0.4, -0.2) is 36.6 Å². The molecule has 6 heteroatoms. The Balaban J connectivity index is 1.33. The molecule has 1 aromatic carbocycles. The molecule has 1 aromatic rings. The van der Waals surface area contributed by atoms with E-state index in [9.17, 15) is 13.6 Å². The topological polar surface area (TPSA) is 44.4 Å². The lowest BCUT2D eigenvalue weighted by atomic mass is 9.71. The third-order valence-corrected chi connectivity index (χ3v) is 5.94. The summed E-state index contributed by atoms with van der Waals surface area (Å²) in [4.78, 5) is 14.9. The van der Waals surface area contributed by atoms with Gasteiger partial charge in [0.2, 0.25) is 0 Å². The number of hydrogen-bond acceptors (Lipinski definition) is 2. The van der Waals surface area contributed by atoms with E-state index in [0.29, 0.717) is 30.9 Å². The molecule has 1 saturated heterocycles. The maximum atomic E-state index is 14.2. The number of nitrogens with zero attached hydrogens (tertiary/aromatic N) is 1. The lowest BCUT2D eigenvalue weighted by molar-refractivity contribution is 0.172. The van der Waals surface area contributed by atoms with Gasteiger partial charge in [-0.3, -0.25) is 0 Å². The maximum absolute atomic E-state index is 14.2. The minimum Gasteiger partial charge on any atom is -0.338 e. The summed E-state index contributed by atoms with van der Waals surface area (Å²) >= 11 is 0. The van der Waals surface area contributed by atoms with Crippen LogP contribution < -0.4 is 10.6 Å². The van der Waals surface area contributed by atoms with Gasteiger partial charge >= 0.3 is 6.03 Å². The fourth-order valence-electron chi connectivity index (χ4n) is 4.17. The summed E-state index contributed by atoms with van der Waals surface area (Å²) in [6.45, 7) is 2.84. The minimum atomic E-state index is -0.697. The molecule has 2 saturated carbocycles. The van der Waals surface area contributed by atoms with E-state index < -0.39 is 17.2 Å². The summed E-state index contributed by atoms with van der Waals surface area (Å²) in [5.41, 5.74) is -0.312. The number of urea groups is 1. The van der Waals surface area contributed by atoms with Gasteiger partial charge in [-0.05, 0) is 57.1 Å². The average molecular weight is 349 g/mol. The molecule has 2 N–H and O–H groups in total. The number of benzene rings is 1. The summed E-state index contributed by atoms with van der Waals surface area (Å²) in [5.74, 6) is -0.691. The van der Waals surface area contributed by atoms with Gasteiger partial charge in [0.1, 0.15) is 11.6 Å². The Kier molecular flexibility index (Phi) is 4.40. The number of likely N-dealkylation sites (tertiary alicyclic amines) is 1. The Morgan fingerprint density at radius 1 is 1.24 bits per heavy atom. The number of rotatable bonds is 5. The second kappa shape index (κ2) is 6.56. The monoisotopic (exact) mass is 349 g/mol. The lowest BCUT2D eigenvalue weighted by Crippen LogP contribution is -2.54. The van der Waals surface area contributed by atoms with Crippen molar-refractivity contribution in [2.24, 2.45) is 5.92 Å². The van der Waals surface area contributed by atoms with Crippen LogP contribution in [0.15, 0.2) is 18.2 Å². The van der Waals surface area contributed by atoms with Gasteiger partial charge in [0.25, 0.3) is 0 Å². The Bertz CT molecular complexity index is 658. The van der Waals surface area contributed by atoms with E-state index in [4.69, 9.17) is 0 Å². The summed E-state index contributed by atoms with van der Waals surface area (Å²) in [6.07, 6.45) is 6.03. The van der Waals surface area contributed by atoms with Crippen molar-refractivity contribution in [2.45, 2.75) is 50.1 Å². The van der Waals surface area contributed by atoms with Crippen LogP contribution in [0.3, 0.4) is 0 Å². The molecule has 4 rings (SSSR count). The molecule has 0 radical (unpaired) electrons. The van der Waals surface area contributed by atoms with Crippen LogP contribution >= 0.6 is 0 Å². The molecule has 136 valence electrons. The SMILES string of the molecule is O=C(NC[C@H]1CCN(C2CC2)C1)NC1(c2ccc(F)cc2F)CCC1. The third-order valence-electron chi connectivity index (χ3n) is 5.94. The summed E-state index contributed by atoms with van der Waals surface area (Å²) in [7, 11) is 0. The molecule has 3 aliphatic rings. The molecular formula is C19H25F2N3O. The standard InChI is InChI=1S/C19H25F2N3O/c20-14-2-5-16(17(21)10-14)19(7-1-8-19)23-18(25)22-11-13-6-9-24(12-13)15-3-4-15/h2,5,10,13,15H,1,3-4,6-9,11-12H2,(H2,22,23,25)/t13-/m1/s1. The zero-order chi connectivity index (χ0) is 17.4. The average Bonchev–Trinajstić information content (AvgIpc) is 3.28. The highest BCUT2D eigenvalue weighted by Crippen LogP contribution is 2.42. The highest BCUT2D eigenvalue weighted by atomic mass is 19.1. The maximum Gasteiger partial charge on any atom is 0.315 e. The van der Waals surface area contributed by atoms with Crippen LogP contribution in [0.1, 0.15) is 44.1 Å². The minimum absolute atomic E-state index is 0.256. The van der Waals surface area contributed by atoms with Crippen molar-refractivity contribution in [1.29, 1.82) is 0 Å². The van der Waals surface area contributed by atoms with Crippen LogP contribution in [0.5, 0.6) is 0 Å². The van der Waals surface area contributed by atoms with E-state index in [0.717, 1.165) is 38.0 Å². The zero-order valence-electron chi connectivity index (χ0n) is 14.4. The molecule has 4 nitrogen and oxygen atoms in total. The van der Waals surface area contributed by atoms with Crippen molar-refractivity contribution in [3.63, 3.8) is 0 Å². The predicted octanol–water partition coefficient (Wildman–Crippen LogP) is 3.13. The molecule has 0 bridgehead atoms. The van der Waals surface area contributed by atoms with E-state index in [1.54, 1.807) is 0 Å². The molecule has 2 aliphatic carbocycles. The predicted molar refractivity (Wildman–Crippen MR) is 91.1 cm³/mol. The molecule has 2 amide bonds. The number of carbonyl (C=O) groups is 1. The largest absolute Gasteiger partial charge is 0.338 e. The molecule has 25 heavy (non-hydrogen) atoms. The molecule has 0 aromatic heterocycles. The summed E-state index contributed by atoms with van der Waals surface area (Å²) < 4.78 is 27.3. The van der Waals surface area contributed by atoms with Crippen molar-refractivity contribution >= 4 is 6.03 Å². The Hall–Kier alpha value is -1.69. The van der Waals surface area contributed by atoms with Gasteiger partial charge < -0.3 is 15.5 Å². The first-order valence-corrected chi connectivity index (χ1v) is 9.31. The molecule has 0 spiro atoms. The Morgan fingerprint density at radius 3 is 2.68 bits per heavy atom. The molecule has 1 heterocycles. The fraction of sp³-hybridized carbons (Fsp3) is 0.632. The van der Waals surface area contributed by atoms with Gasteiger partial charge in [0.05, 0.1) is 5.54 Å².